The molecule has 1 unspecified atom stereocenters. The van der Waals surface area contributed by atoms with E-state index in [-0.39, 0.29) is 5.82 Å². The average molecular weight is 260 g/mol. The lowest BCUT2D eigenvalue weighted by atomic mass is 10.1. The predicted molar refractivity (Wildman–Crippen MR) is 68.6 cm³/mol. The first kappa shape index (κ1) is 12.2. The van der Waals surface area contributed by atoms with Crippen LogP contribution in [0, 0.1) is 5.82 Å². The Kier molecular flexibility index (Phi) is 4.50. The quantitative estimate of drug-likeness (QED) is 0.892. The summed E-state index contributed by atoms with van der Waals surface area (Å²) in [4.78, 5) is 0. The van der Waals surface area contributed by atoms with Gasteiger partial charge in [-0.05, 0) is 36.3 Å². The van der Waals surface area contributed by atoms with E-state index in [9.17, 15) is 4.39 Å². The van der Waals surface area contributed by atoms with E-state index < -0.39 is 0 Å². The molecule has 0 bridgehead atoms. The van der Waals surface area contributed by atoms with Crippen LogP contribution < -0.4 is 5.32 Å². The van der Waals surface area contributed by atoms with Gasteiger partial charge < -0.3 is 5.32 Å². The highest BCUT2D eigenvalue weighted by atomic mass is 35.5. The molecule has 1 N–H and O–H groups in total. The third kappa shape index (κ3) is 3.37. The third-order valence-electron chi connectivity index (χ3n) is 2.76. The van der Waals surface area contributed by atoms with Crippen LogP contribution in [0.1, 0.15) is 18.4 Å². The largest absolute Gasteiger partial charge is 0.309 e. The Morgan fingerprint density at radius 1 is 1.50 bits per heavy atom. The highest BCUT2D eigenvalue weighted by Crippen LogP contribution is 2.20. The fourth-order valence-corrected chi connectivity index (χ4v) is 3.16. The van der Waals surface area contributed by atoms with Crippen molar-refractivity contribution < 1.29 is 4.39 Å². The van der Waals surface area contributed by atoms with Crippen LogP contribution in [0.2, 0.25) is 5.02 Å². The molecule has 2 rings (SSSR count). The van der Waals surface area contributed by atoms with Gasteiger partial charge in [-0.3, -0.25) is 0 Å². The summed E-state index contributed by atoms with van der Waals surface area (Å²) in [7, 11) is 0. The highest BCUT2D eigenvalue weighted by molar-refractivity contribution is 7.99. The lowest BCUT2D eigenvalue weighted by Crippen LogP contribution is -2.33. The maximum Gasteiger partial charge on any atom is 0.124 e. The summed E-state index contributed by atoms with van der Waals surface area (Å²) in [6.45, 7) is 0.727. The van der Waals surface area contributed by atoms with Gasteiger partial charge in [0.25, 0.3) is 0 Å². The van der Waals surface area contributed by atoms with E-state index in [1.165, 1.54) is 36.5 Å². The minimum absolute atomic E-state index is 0.276. The van der Waals surface area contributed by atoms with Gasteiger partial charge >= 0.3 is 0 Å². The van der Waals surface area contributed by atoms with Crippen molar-refractivity contribution in [3.05, 3.63) is 34.6 Å². The molecule has 0 radical (unpaired) electrons. The van der Waals surface area contributed by atoms with Crippen molar-refractivity contribution in [3.63, 3.8) is 0 Å². The first-order chi connectivity index (χ1) is 7.75. The zero-order valence-electron chi connectivity index (χ0n) is 9.01. The summed E-state index contributed by atoms with van der Waals surface area (Å²) in [6, 6.07) is 5.15. The molecule has 0 saturated carbocycles. The first-order valence-electron chi connectivity index (χ1n) is 5.51. The summed E-state index contributed by atoms with van der Waals surface area (Å²) in [5.41, 5.74) is 0.971. The van der Waals surface area contributed by atoms with Crippen molar-refractivity contribution in [2.24, 2.45) is 0 Å². The molecule has 1 aliphatic rings. The smallest absolute Gasteiger partial charge is 0.124 e. The Labute approximate surface area is 105 Å². The number of halogens is 2. The van der Waals surface area contributed by atoms with Gasteiger partial charge in [0.15, 0.2) is 0 Å². The van der Waals surface area contributed by atoms with Crippen molar-refractivity contribution in [3.8, 4) is 0 Å². The molecular formula is C12H15ClFNS. The standard InChI is InChI=1S/C12H15ClFNS/c13-12-6-10(14)4-3-9(12)7-15-11-2-1-5-16-8-11/h3-4,6,11,15H,1-2,5,7-8H2. The van der Waals surface area contributed by atoms with Gasteiger partial charge in [0.1, 0.15) is 5.82 Å². The molecule has 1 aliphatic heterocycles. The second-order valence-corrected chi connectivity index (χ2v) is 5.59. The Balaban J connectivity index is 1.88. The Bertz CT molecular complexity index is 353. The van der Waals surface area contributed by atoms with E-state index in [0.29, 0.717) is 11.1 Å². The molecule has 1 nitrogen and oxygen atoms in total. The zero-order chi connectivity index (χ0) is 11.4. The molecule has 88 valence electrons. The van der Waals surface area contributed by atoms with E-state index in [4.69, 9.17) is 11.6 Å². The number of rotatable bonds is 3. The maximum absolute atomic E-state index is 12.8. The lowest BCUT2D eigenvalue weighted by molar-refractivity contribution is 0.507. The number of nitrogens with one attached hydrogen (secondary N) is 1. The van der Waals surface area contributed by atoms with E-state index in [1.54, 1.807) is 6.07 Å². The topological polar surface area (TPSA) is 12.0 Å². The summed E-state index contributed by atoms with van der Waals surface area (Å²) in [6.07, 6.45) is 2.51. The number of benzene rings is 1. The predicted octanol–water partition coefficient (Wildman–Crippen LogP) is 3.46. The molecule has 1 heterocycles. The van der Waals surface area contributed by atoms with Gasteiger partial charge in [0.2, 0.25) is 0 Å². The summed E-state index contributed by atoms with van der Waals surface area (Å²) >= 11 is 7.95. The molecule has 1 atom stereocenters. The summed E-state index contributed by atoms with van der Waals surface area (Å²) in [5, 5.41) is 3.98. The second kappa shape index (κ2) is 5.89. The fraction of sp³-hybridized carbons (Fsp3) is 0.500. The molecule has 0 amide bonds. The van der Waals surface area contributed by atoms with E-state index in [2.05, 4.69) is 5.32 Å². The van der Waals surface area contributed by atoms with Gasteiger partial charge in [0, 0.05) is 23.4 Å². The highest BCUT2D eigenvalue weighted by Gasteiger charge is 2.13. The van der Waals surface area contributed by atoms with E-state index in [0.717, 1.165) is 12.1 Å². The summed E-state index contributed by atoms with van der Waals surface area (Å²) in [5.74, 6) is 2.16. The zero-order valence-corrected chi connectivity index (χ0v) is 10.6. The fourth-order valence-electron chi connectivity index (χ4n) is 1.82. The second-order valence-electron chi connectivity index (χ2n) is 4.03. The molecule has 0 aliphatic carbocycles. The molecule has 0 aromatic heterocycles. The Hall–Kier alpha value is -0.250. The van der Waals surface area contributed by atoms with Crippen molar-refractivity contribution in [1.29, 1.82) is 0 Å². The van der Waals surface area contributed by atoms with Crippen molar-refractivity contribution in [1.82, 2.24) is 5.32 Å². The van der Waals surface area contributed by atoms with Gasteiger partial charge in [0.05, 0.1) is 0 Å². The summed E-state index contributed by atoms with van der Waals surface area (Å²) < 4.78 is 12.8. The van der Waals surface area contributed by atoms with Crippen molar-refractivity contribution in [2.75, 3.05) is 11.5 Å². The maximum atomic E-state index is 12.8. The molecule has 1 saturated heterocycles. The van der Waals surface area contributed by atoms with Crippen LogP contribution in [0.25, 0.3) is 0 Å². The lowest BCUT2D eigenvalue weighted by Gasteiger charge is -2.22. The van der Waals surface area contributed by atoms with Gasteiger partial charge in [-0.2, -0.15) is 11.8 Å². The van der Waals surface area contributed by atoms with Crippen LogP contribution >= 0.6 is 23.4 Å². The minimum atomic E-state index is -0.276. The van der Waals surface area contributed by atoms with Gasteiger partial charge in [-0.1, -0.05) is 17.7 Å². The van der Waals surface area contributed by atoms with Crippen LogP contribution in [0.3, 0.4) is 0 Å². The molecule has 4 heteroatoms. The first-order valence-corrected chi connectivity index (χ1v) is 7.04. The van der Waals surface area contributed by atoms with Crippen molar-refractivity contribution in [2.45, 2.75) is 25.4 Å². The van der Waals surface area contributed by atoms with Crippen LogP contribution in [0.5, 0.6) is 0 Å². The van der Waals surface area contributed by atoms with Gasteiger partial charge in [-0.15, -0.1) is 0 Å². The van der Waals surface area contributed by atoms with E-state index in [1.807, 2.05) is 11.8 Å². The molecule has 1 aromatic carbocycles. The van der Waals surface area contributed by atoms with Crippen LogP contribution in [-0.4, -0.2) is 17.5 Å². The molecule has 0 spiro atoms. The van der Waals surface area contributed by atoms with Gasteiger partial charge in [-0.25, -0.2) is 4.39 Å². The van der Waals surface area contributed by atoms with Crippen LogP contribution in [0.15, 0.2) is 18.2 Å². The SMILES string of the molecule is Fc1ccc(CNC2CCCSC2)c(Cl)c1. The molecule has 16 heavy (non-hydrogen) atoms. The van der Waals surface area contributed by atoms with Crippen molar-refractivity contribution >= 4 is 23.4 Å². The average Bonchev–Trinajstić information content (AvgIpc) is 2.29. The van der Waals surface area contributed by atoms with Crippen LogP contribution in [-0.2, 0) is 6.54 Å². The Morgan fingerprint density at radius 3 is 3.06 bits per heavy atom. The molecular weight excluding hydrogens is 245 g/mol. The van der Waals surface area contributed by atoms with E-state index >= 15 is 0 Å². The number of hydrogen-bond acceptors (Lipinski definition) is 2. The number of hydrogen-bond donors (Lipinski definition) is 1. The normalized spacial score (nSPS) is 21.0. The number of thioether (sulfide) groups is 1. The molecule has 1 fully saturated rings. The van der Waals surface area contributed by atoms with Crippen LogP contribution in [0.4, 0.5) is 4.39 Å². The Morgan fingerprint density at radius 2 is 2.38 bits per heavy atom. The third-order valence-corrected chi connectivity index (χ3v) is 4.32. The minimum Gasteiger partial charge on any atom is -0.309 e. The molecule has 1 aromatic rings. The monoisotopic (exact) mass is 259 g/mol.